The van der Waals surface area contributed by atoms with Crippen molar-refractivity contribution < 1.29 is 13.2 Å². The van der Waals surface area contributed by atoms with Crippen LogP contribution >= 0.6 is 0 Å². The molecule has 82 valence electrons. The summed E-state index contributed by atoms with van der Waals surface area (Å²) < 4.78 is 40.3. The Bertz CT molecular complexity index is 312. The molecule has 1 saturated carbocycles. The number of alkyl halides is 3. The van der Waals surface area contributed by atoms with Crippen molar-refractivity contribution in [1.29, 1.82) is 0 Å². The first-order valence-corrected chi connectivity index (χ1v) is 5.17. The Labute approximate surface area is 87.1 Å². The molecule has 0 saturated heterocycles. The molecule has 4 atom stereocenters. The molecule has 1 fully saturated rings. The van der Waals surface area contributed by atoms with Gasteiger partial charge in [-0.05, 0) is 18.4 Å². The van der Waals surface area contributed by atoms with Gasteiger partial charge in [-0.15, -0.1) is 0 Å². The van der Waals surface area contributed by atoms with Crippen LogP contribution in [0.15, 0.2) is 30.3 Å². The summed E-state index contributed by atoms with van der Waals surface area (Å²) in [4.78, 5) is 0. The Morgan fingerprint density at radius 2 is 1.47 bits per heavy atom. The molecular formula is C12H13F3. The van der Waals surface area contributed by atoms with Crippen LogP contribution in [0.25, 0.3) is 0 Å². The smallest absolute Gasteiger partial charge is 0.141 e. The van der Waals surface area contributed by atoms with Crippen LogP contribution in [0.4, 0.5) is 13.2 Å². The van der Waals surface area contributed by atoms with Crippen LogP contribution in [0.3, 0.4) is 0 Å². The molecule has 0 N–H and O–H groups in total. The molecule has 0 unspecified atom stereocenters. The average Bonchev–Trinajstić information content (AvgIpc) is 2.26. The standard InChI is InChI=1S/C12H13F3/c13-9-6-7-10(14)12(15)11(9)8-4-2-1-3-5-8/h1-5,9-12H,6-7H2/t9-,10+,11-,12+/m0/s1. The number of hydrogen-bond donors (Lipinski definition) is 0. The van der Waals surface area contributed by atoms with Gasteiger partial charge in [0.05, 0.1) is 0 Å². The van der Waals surface area contributed by atoms with E-state index in [1.807, 2.05) is 0 Å². The van der Waals surface area contributed by atoms with Gasteiger partial charge in [-0.2, -0.15) is 0 Å². The van der Waals surface area contributed by atoms with Gasteiger partial charge in [-0.1, -0.05) is 30.3 Å². The minimum Gasteiger partial charge on any atom is -0.247 e. The van der Waals surface area contributed by atoms with E-state index in [0.29, 0.717) is 5.56 Å². The first-order chi connectivity index (χ1) is 7.20. The molecule has 0 bridgehead atoms. The summed E-state index contributed by atoms with van der Waals surface area (Å²) in [6.45, 7) is 0. The van der Waals surface area contributed by atoms with Gasteiger partial charge < -0.3 is 0 Å². The zero-order valence-electron chi connectivity index (χ0n) is 8.24. The van der Waals surface area contributed by atoms with Gasteiger partial charge in [0, 0.05) is 5.92 Å². The SMILES string of the molecule is F[C@H]1[C@@H](c2ccccc2)[C@@H](F)CC[C@H]1F. The monoisotopic (exact) mass is 214 g/mol. The lowest BCUT2D eigenvalue weighted by molar-refractivity contribution is 0.0485. The lowest BCUT2D eigenvalue weighted by atomic mass is 9.80. The second-order valence-electron chi connectivity index (χ2n) is 3.99. The van der Waals surface area contributed by atoms with Crippen LogP contribution in [0, 0.1) is 0 Å². The van der Waals surface area contributed by atoms with Crippen molar-refractivity contribution in [3.8, 4) is 0 Å². The fourth-order valence-electron chi connectivity index (χ4n) is 2.15. The fourth-order valence-corrected chi connectivity index (χ4v) is 2.15. The fraction of sp³-hybridized carbons (Fsp3) is 0.500. The molecule has 1 aliphatic carbocycles. The normalized spacial score (nSPS) is 36.5. The van der Waals surface area contributed by atoms with Gasteiger partial charge in [0.25, 0.3) is 0 Å². The quantitative estimate of drug-likeness (QED) is 0.670. The van der Waals surface area contributed by atoms with Crippen molar-refractivity contribution in [3.05, 3.63) is 35.9 Å². The summed E-state index contributed by atoms with van der Waals surface area (Å²) in [7, 11) is 0. The van der Waals surface area contributed by atoms with Gasteiger partial charge in [0.15, 0.2) is 0 Å². The van der Waals surface area contributed by atoms with E-state index in [2.05, 4.69) is 0 Å². The molecule has 0 nitrogen and oxygen atoms in total. The summed E-state index contributed by atoms with van der Waals surface area (Å²) in [5.74, 6) is -0.935. The van der Waals surface area contributed by atoms with E-state index >= 15 is 0 Å². The molecule has 0 amide bonds. The highest BCUT2D eigenvalue weighted by Gasteiger charge is 2.41. The third-order valence-electron chi connectivity index (χ3n) is 2.98. The Hall–Kier alpha value is -0.990. The largest absolute Gasteiger partial charge is 0.247 e. The van der Waals surface area contributed by atoms with E-state index in [1.54, 1.807) is 30.3 Å². The summed E-state index contributed by atoms with van der Waals surface area (Å²) in [6.07, 6.45) is -4.40. The zero-order valence-corrected chi connectivity index (χ0v) is 8.24. The van der Waals surface area contributed by atoms with Crippen molar-refractivity contribution in [3.63, 3.8) is 0 Å². The molecule has 0 aliphatic heterocycles. The topological polar surface area (TPSA) is 0 Å². The van der Waals surface area contributed by atoms with Crippen LogP contribution in [0.2, 0.25) is 0 Å². The van der Waals surface area contributed by atoms with Gasteiger partial charge in [0.1, 0.15) is 18.5 Å². The first kappa shape index (κ1) is 10.5. The number of halogens is 3. The highest BCUT2D eigenvalue weighted by atomic mass is 19.2. The molecule has 0 radical (unpaired) electrons. The lowest BCUT2D eigenvalue weighted by Crippen LogP contribution is -2.36. The van der Waals surface area contributed by atoms with E-state index in [-0.39, 0.29) is 12.8 Å². The molecule has 1 aromatic carbocycles. The van der Waals surface area contributed by atoms with Gasteiger partial charge in [-0.3, -0.25) is 0 Å². The van der Waals surface area contributed by atoms with E-state index in [9.17, 15) is 13.2 Å². The minimum atomic E-state index is -1.71. The molecule has 3 heteroatoms. The summed E-state index contributed by atoms with van der Waals surface area (Å²) in [6, 6.07) is 8.52. The molecule has 1 aromatic rings. The summed E-state index contributed by atoms with van der Waals surface area (Å²) in [5, 5.41) is 0. The van der Waals surface area contributed by atoms with Crippen LogP contribution in [0.1, 0.15) is 24.3 Å². The van der Waals surface area contributed by atoms with Gasteiger partial charge in [0.2, 0.25) is 0 Å². The third kappa shape index (κ3) is 2.01. The maximum atomic E-state index is 13.6. The van der Waals surface area contributed by atoms with Crippen molar-refractivity contribution in [2.75, 3.05) is 0 Å². The molecule has 0 spiro atoms. The Morgan fingerprint density at radius 3 is 2.13 bits per heavy atom. The minimum absolute atomic E-state index is 0.00827. The maximum absolute atomic E-state index is 13.6. The lowest BCUT2D eigenvalue weighted by Gasteiger charge is -2.32. The van der Waals surface area contributed by atoms with Crippen LogP contribution in [-0.4, -0.2) is 18.5 Å². The summed E-state index contributed by atoms with van der Waals surface area (Å²) in [5.41, 5.74) is 0.555. The number of rotatable bonds is 1. The third-order valence-corrected chi connectivity index (χ3v) is 2.98. The second kappa shape index (κ2) is 4.25. The van der Waals surface area contributed by atoms with Crippen molar-refractivity contribution in [2.24, 2.45) is 0 Å². The van der Waals surface area contributed by atoms with Crippen LogP contribution in [0.5, 0.6) is 0 Å². The van der Waals surface area contributed by atoms with Crippen molar-refractivity contribution >= 4 is 0 Å². The average molecular weight is 214 g/mol. The van der Waals surface area contributed by atoms with Crippen molar-refractivity contribution in [1.82, 2.24) is 0 Å². The van der Waals surface area contributed by atoms with E-state index in [0.717, 1.165) is 0 Å². The molecule has 1 aliphatic rings. The van der Waals surface area contributed by atoms with E-state index in [1.165, 1.54) is 0 Å². The Balaban J connectivity index is 2.25. The van der Waals surface area contributed by atoms with Crippen molar-refractivity contribution in [2.45, 2.75) is 37.3 Å². The second-order valence-corrected chi connectivity index (χ2v) is 3.99. The van der Waals surface area contributed by atoms with Gasteiger partial charge >= 0.3 is 0 Å². The van der Waals surface area contributed by atoms with Crippen LogP contribution < -0.4 is 0 Å². The maximum Gasteiger partial charge on any atom is 0.141 e. The predicted octanol–water partition coefficient (Wildman–Crippen LogP) is 3.58. The van der Waals surface area contributed by atoms with Gasteiger partial charge in [-0.25, -0.2) is 13.2 Å². The van der Waals surface area contributed by atoms with E-state index in [4.69, 9.17) is 0 Å². The Morgan fingerprint density at radius 1 is 0.867 bits per heavy atom. The first-order valence-electron chi connectivity index (χ1n) is 5.17. The molecule has 2 rings (SSSR count). The van der Waals surface area contributed by atoms with E-state index < -0.39 is 24.4 Å². The highest BCUT2D eigenvalue weighted by Crippen LogP contribution is 2.38. The molecule has 15 heavy (non-hydrogen) atoms. The zero-order chi connectivity index (χ0) is 10.8. The predicted molar refractivity (Wildman–Crippen MR) is 53.1 cm³/mol. The molecule has 0 aromatic heterocycles. The Kier molecular flexibility index (Phi) is 2.98. The summed E-state index contributed by atoms with van der Waals surface area (Å²) >= 11 is 0. The molecular weight excluding hydrogens is 201 g/mol. The highest BCUT2D eigenvalue weighted by molar-refractivity contribution is 5.23. The number of benzene rings is 1. The number of hydrogen-bond acceptors (Lipinski definition) is 0. The van der Waals surface area contributed by atoms with Crippen LogP contribution in [-0.2, 0) is 0 Å². The molecule has 0 heterocycles.